The van der Waals surface area contributed by atoms with Crippen molar-refractivity contribution in [2.75, 3.05) is 0 Å². The van der Waals surface area contributed by atoms with Crippen LogP contribution in [0.3, 0.4) is 0 Å². The van der Waals surface area contributed by atoms with E-state index in [0.29, 0.717) is 0 Å². The Morgan fingerprint density at radius 1 is 0.520 bits per heavy atom. The fourth-order valence-electron chi connectivity index (χ4n) is 3.41. The van der Waals surface area contributed by atoms with E-state index in [1.807, 2.05) is 12.2 Å². The molecule has 1 aliphatic carbocycles. The summed E-state index contributed by atoms with van der Waals surface area (Å²) in [7, 11) is -1.96. The van der Waals surface area contributed by atoms with Crippen LogP contribution < -0.4 is 15.9 Å². The summed E-state index contributed by atoms with van der Waals surface area (Å²) >= 11 is 0. The Morgan fingerprint density at radius 3 is 1.32 bits per heavy atom. The smallest absolute Gasteiger partial charge is 0.0620 e. The second kappa shape index (κ2) is 6.99. The Hall–Kier alpha value is -2.78. The molecule has 0 N–H and O–H groups in total. The Bertz CT molecular complexity index is 823. The molecule has 25 heavy (non-hydrogen) atoms. The van der Waals surface area contributed by atoms with Crippen molar-refractivity contribution < 1.29 is 0 Å². The second-order valence-electron chi connectivity index (χ2n) is 5.93. The first-order chi connectivity index (χ1) is 12.4. The number of allylic oxidation sites excluding steroid dienone is 6. The van der Waals surface area contributed by atoms with Crippen LogP contribution in [0.1, 0.15) is 0 Å². The summed E-state index contributed by atoms with van der Waals surface area (Å²) in [6.07, 6.45) is 12.0. The molecule has 0 radical (unpaired) electrons. The van der Waals surface area contributed by atoms with Gasteiger partial charge in [0.2, 0.25) is 0 Å². The molecule has 3 aromatic carbocycles. The van der Waals surface area contributed by atoms with Gasteiger partial charge in [0.1, 0.15) is 22.0 Å². The first-order valence-corrected chi connectivity index (χ1v) is 10.2. The van der Waals surface area contributed by atoms with Crippen molar-refractivity contribution in [3.63, 3.8) is 0 Å². The predicted molar refractivity (Wildman–Crippen MR) is 110 cm³/mol. The largest absolute Gasteiger partial charge is 0.266 e. The molecular formula is C24H19P+2. The van der Waals surface area contributed by atoms with Crippen molar-refractivity contribution in [3.8, 4) is 0 Å². The first kappa shape index (κ1) is 15.7. The summed E-state index contributed by atoms with van der Waals surface area (Å²) in [5.41, 5.74) is 0. The quantitative estimate of drug-likeness (QED) is 0.474. The lowest BCUT2D eigenvalue weighted by molar-refractivity contribution is 1.65. The van der Waals surface area contributed by atoms with Crippen LogP contribution in [0.15, 0.2) is 121 Å². The van der Waals surface area contributed by atoms with Gasteiger partial charge in [-0.3, -0.25) is 0 Å². The lowest BCUT2D eigenvalue weighted by Gasteiger charge is -2.24. The number of benzene rings is 3. The van der Waals surface area contributed by atoms with Gasteiger partial charge < -0.3 is 0 Å². The van der Waals surface area contributed by atoms with Gasteiger partial charge in [-0.15, -0.1) is 0 Å². The summed E-state index contributed by atoms with van der Waals surface area (Å²) < 4.78 is 0. The van der Waals surface area contributed by atoms with Crippen molar-refractivity contribution in [1.82, 2.24) is 0 Å². The zero-order valence-corrected chi connectivity index (χ0v) is 14.8. The van der Waals surface area contributed by atoms with Gasteiger partial charge in [-0.25, -0.2) is 0 Å². The van der Waals surface area contributed by atoms with Crippen LogP contribution in [0.2, 0.25) is 0 Å². The van der Waals surface area contributed by atoms with Crippen LogP contribution in [0.25, 0.3) is 0 Å². The molecule has 0 spiro atoms. The monoisotopic (exact) mass is 338 g/mol. The summed E-state index contributed by atoms with van der Waals surface area (Å²) in [6, 6.07) is 32.6. The van der Waals surface area contributed by atoms with Crippen molar-refractivity contribution >= 4 is 23.2 Å². The highest BCUT2D eigenvalue weighted by molar-refractivity contribution is 7.99. The summed E-state index contributed by atoms with van der Waals surface area (Å²) in [5, 5.41) is 5.33. The lowest BCUT2D eigenvalue weighted by Crippen LogP contribution is -2.32. The van der Waals surface area contributed by atoms with E-state index in [1.54, 1.807) is 0 Å². The number of hydrogen-bond donors (Lipinski definition) is 0. The highest BCUT2D eigenvalue weighted by Crippen LogP contribution is 2.62. The minimum Gasteiger partial charge on any atom is -0.0620 e. The molecule has 4 rings (SSSR count). The van der Waals surface area contributed by atoms with Gasteiger partial charge in [0.25, 0.3) is 5.31 Å². The van der Waals surface area contributed by atoms with Crippen LogP contribution in [-0.4, -0.2) is 0 Å². The fraction of sp³-hybridized carbons (Fsp3) is 0. The van der Waals surface area contributed by atoms with E-state index in [9.17, 15) is 0 Å². The topological polar surface area (TPSA) is 0 Å². The summed E-state index contributed by atoms with van der Waals surface area (Å²) in [6.45, 7) is 0. The highest BCUT2D eigenvalue weighted by Gasteiger charge is 2.52. The van der Waals surface area contributed by atoms with Gasteiger partial charge in [0, 0.05) is 6.08 Å². The SMILES string of the molecule is [C+]1=CC=CC=C1[P+](c1ccccc1)(c1ccccc1)c1ccccc1. The molecule has 118 valence electrons. The maximum absolute atomic E-state index is 3.55. The van der Waals surface area contributed by atoms with Gasteiger partial charge in [-0.2, -0.15) is 0 Å². The van der Waals surface area contributed by atoms with E-state index < -0.39 is 7.26 Å². The molecule has 0 aromatic heterocycles. The maximum atomic E-state index is 3.55. The van der Waals surface area contributed by atoms with E-state index >= 15 is 0 Å². The minimum absolute atomic E-state index is 1.26. The van der Waals surface area contributed by atoms with Gasteiger partial charge in [-0.1, -0.05) is 54.6 Å². The number of hydrogen-bond acceptors (Lipinski definition) is 0. The zero-order valence-electron chi connectivity index (χ0n) is 13.9. The molecule has 0 saturated carbocycles. The summed E-state index contributed by atoms with van der Waals surface area (Å²) in [4.78, 5) is 0. The molecule has 0 fully saturated rings. The normalized spacial score (nSPS) is 13.2. The molecule has 0 saturated heterocycles. The van der Waals surface area contributed by atoms with Gasteiger partial charge >= 0.3 is 0 Å². The summed E-state index contributed by atoms with van der Waals surface area (Å²) in [5.74, 6) is 0. The van der Waals surface area contributed by atoms with Crippen LogP contribution in [-0.2, 0) is 0 Å². The van der Waals surface area contributed by atoms with Crippen molar-refractivity contribution in [3.05, 3.63) is 127 Å². The van der Waals surface area contributed by atoms with E-state index in [4.69, 9.17) is 0 Å². The standard InChI is InChI=1S/C24H19P/c1-5-13-21(14-6-1)25(22-15-7-2-8-16-22,23-17-9-3-10-18-23)24-19-11-4-12-20-24/h1-19H/q+2. The number of rotatable bonds is 4. The third-order valence-corrected chi connectivity index (χ3v) is 8.70. The third-order valence-electron chi connectivity index (χ3n) is 4.48. The molecule has 0 bridgehead atoms. The third kappa shape index (κ3) is 2.77. The average Bonchev–Trinajstić information content (AvgIpc) is 2.72. The first-order valence-electron chi connectivity index (χ1n) is 8.45. The van der Waals surface area contributed by atoms with Crippen LogP contribution in [0, 0.1) is 6.08 Å². The molecule has 0 unspecified atom stereocenters. The highest BCUT2D eigenvalue weighted by atomic mass is 31.2. The van der Waals surface area contributed by atoms with Crippen molar-refractivity contribution in [2.45, 2.75) is 0 Å². The zero-order chi connectivity index (χ0) is 17.0. The molecule has 1 heteroatoms. The van der Waals surface area contributed by atoms with Gasteiger partial charge in [0.05, 0.1) is 18.2 Å². The molecule has 1 aliphatic rings. The molecule has 0 aliphatic heterocycles. The molecule has 0 atom stereocenters. The fourth-order valence-corrected chi connectivity index (χ4v) is 7.58. The Labute approximate surface area is 150 Å². The van der Waals surface area contributed by atoms with E-state index in [2.05, 4.69) is 109 Å². The average molecular weight is 338 g/mol. The Kier molecular flexibility index (Phi) is 4.40. The van der Waals surface area contributed by atoms with E-state index in [-0.39, 0.29) is 0 Å². The van der Waals surface area contributed by atoms with E-state index in [0.717, 1.165) is 0 Å². The lowest BCUT2D eigenvalue weighted by atomic mass is 10.3. The molecule has 0 amide bonds. The Morgan fingerprint density at radius 2 is 0.960 bits per heavy atom. The Balaban J connectivity index is 2.11. The maximum Gasteiger partial charge on any atom is 0.266 e. The van der Waals surface area contributed by atoms with Crippen LogP contribution in [0.4, 0.5) is 0 Å². The molecule has 0 heterocycles. The van der Waals surface area contributed by atoms with Crippen molar-refractivity contribution in [2.24, 2.45) is 0 Å². The van der Waals surface area contributed by atoms with Gasteiger partial charge in [-0.05, 0) is 36.4 Å². The van der Waals surface area contributed by atoms with Crippen molar-refractivity contribution in [1.29, 1.82) is 0 Å². The molecule has 3 aromatic rings. The molecular weight excluding hydrogens is 319 g/mol. The predicted octanol–water partition coefficient (Wildman–Crippen LogP) is 4.79. The second-order valence-corrected chi connectivity index (χ2v) is 9.30. The van der Waals surface area contributed by atoms with Crippen LogP contribution in [0.5, 0.6) is 0 Å². The van der Waals surface area contributed by atoms with Gasteiger partial charge in [0.15, 0.2) is 7.26 Å². The minimum atomic E-state index is -1.96. The van der Waals surface area contributed by atoms with Crippen LogP contribution >= 0.6 is 7.26 Å². The molecule has 0 nitrogen and oxygen atoms in total. The van der Waals surface area contributed by atoms with E-state index in [1.165, 1.54) is 21.2 Å².